The number of aryl methyl sites for hydroxylation is 2. The molecule has 1 saturated heterocycles. The van der Waals surface area contributed by atoms with Crippen LogP contribution in [0.1, 0.15) is 52.6 Å². The van der Waals surface area contributed by atoms with E-state index in [2.05, 4.69) is 6.92 Å². The number of halogens is 3. The summed E-state index contributed by atoms with van der Waals surface area (Å²) in [5.74, 6) is -2.02. The van der Waals surface area contributed by atoms with Crippen LogP contribution in [0.5, 0.6) is 23.0 Å². The Kier molecular flexibility index (Phi) is 8.50. The molecule has 4 aromatic rings. The van der Waals surface area contributed by atoms with Crippen LogP contribution in [-0.2, 0) is 12.7 Å². The second kappa shape index (κ2) is 12.1. The van der Waals surface area contributed by atoms with E-state index < -0.39 is 29.1 Å². The van der Waals surface area contributed by atoms with Gasteiger partial charge in [-0.05, 0) is 92.3 Å². The molecular weight excluding hydrogens is 563 g/mol. The normalized spacial score (nSPS) is 17.1. The number of carbonyl (C=O) groups excluding carboxylic acids is 1. The van der Waals surface area contributed by atoms with Gasteiger partial charge in [0.25, 0.3) is 5.76 Å². The first-order valence-corrected chi connectivity index (χ1v) is 14.1. The molecule has 1 N–H and O–H groups in total. The third-order valence-corrected chi connectivity index (χ3v) is 7.97. The summed E-state index contributed by atoms with van der Waals surface area (Å²) in [5, 5.41) is -0.101. The van der Waals surface area contributed by atoms with Crippen LogP contribution in [0.3, 0.4) is 0 Å². The van der Waals surface area contributed by atoms with Gasteiger partial charge in [0.1, 0.15) is 23.8 Å². The molecule has 0 spiro atoms. The van der Waals surface area contributed by atoms with E-state index in [1.54, 1.807) is 31.2 Å². The van der Waals surface area contributed by atoms with E-state index in [9.17, 15) is 22.8 Å². The van der Waals surface area contributed by atoms with E-state index in [1.165, 1.54) is 37.4 Å². The summed E-state index contributed by atoms with van der Waals surface area (Å²) in [6.45, 7) is 7.55. The van der Waals surface area contributed by atoms with Gasteiger partial charge in [-0.1, -0.05) is 13.0 Å². The van der Waals surface area contributed by atoms with Crippen molar-refractivity contribution in [3.05, 3.63) is 92.8 Å². The minimum atomic E-state index is -5.04. The van der Waals surface area contributed by atoms with E-state index in [0.29, 0.717) is 11.7 Å². The van der Waals surface area contributed by atoms with Gasteiger partial charge in [-0.3, -0.25) is 4.79 Å². The molecule has 0 saturated carbocycles. The lowest BCUT2D eigenvalue weighted by Crippen LogP contribution is -3.11. The number of likely N-dealkylation sites (tertiary alicyclic amines) is 1. The molecule has 1 aliphatic rings. The number of quaternary nitrogens is 1. The van der Waals surface area contributed by atoms with Crippen LogP contribution in [0.2, 0.25) is 0 Å². The highest BCUT2D eigenvalue weighted by Gasteiger charge is 2.41. The maximum absolute atomic E-state index is 14.4. The lowest BCUT2D eigenvalue weighted by Gasteiger charge is -2.28. The van der Waals surface area contributed by atoms with Crippen molar-refractivity contribution in [3.8, 4) is 23.0 Å². The summed E-state index contributed by atoms with van der Waals surface area (Å²) in [6, 6.07) is 13.7. The Morgan fingerprint density at radius 3 is 2.28 bits per heavy atom. The Morgan fingerprint density at radius 1 is 0.977 bits per heavy atom. The molecule has 43 heavy (non-hydrogen) atoms. The standard InChI is InChI=1S/C33H32F3NO6/c1-19-13-15-37(16-14-19)18-26-27(42-32(39)22-6-9-23(40-4)10-7-22)12-11-25-28(38)30(31(33(34,35)36)43-29(25)26)41-24-8-5-20(2)21(3)17-24/h5-12,17,19H,13-16,18H2,1-4H3/p+1. The number of hydrogen-bond donors (Lipinski definition) is 1. The summed E-state index contributed by atoms with van der Waals surface area (Å²) in [7, 11) is 1.50. The van der Waals surface area contributed by atoms with E-state index >= 15 is 0 Å². The first-order valence-electron chi connectivity index (χ1n) is 14.1. The number of benzene rings is 3. The van der Waals surface area contributed by atoms with E-state index in [1.807, 2.05) is 6.92 Å². The fourth-order valence-electron chi connectivity index (χ4n) is 5.20. The summed E-state index contributed by atoms with van der Waals surface area (Å²) < 4.78 is 65.2. The van der Waals surface area contributed by atoms with Crippen LogP contribution in [0.15, 0.2) is 63.8 Å². The van der Waals surface area contributed by atoms with Crippen LogP contribution < -0.4 is 24.5 Å². The predicted octanol–water partition coefficient (Wildman–Crippen LogP) is 6.26. The molecule has 0 aliphatic carbocycles. The molecule has 7 nitrogen and oxygen atoms in total. The molecule has 0 amide bonds. The molecular formula is C33H33F3NO6+. The molecule has 1 aliphatic heterocycles. The lowest BCUT2D eigenvalue weighted by atomic mass is 9.98. The van der Waals surface area contributed by atoms with Gasteiger partial charge >= 0.3 is 12.1 Å². The fraction of sp³-hybridized carbons (Fsp3) is 0.333. The topological polar surface area (TPSA) is 79.4 Å². The Hall–Kier alpha value is -4.31. The van der Waals surface area contributed by atoms with Gasteiger partial charge in [-0.25, -0.2) is 4.79 Å². The third kappa shape index (κ3) is 6.54. The number of nitrogens with one attached hydrogen (secondary N) is 1. The number of esters is 1. The predicted molar refractivity (Wildman–Crippen MR) is 154 cm³/mol. The minimum absolute atomic E-state index is 0.0264. The van der Waals surface area contributed by atoms with E-state index in [0.717, 1.165) is 42.0 Å². The van der Waals surface area contributed by atoms with Crippen molar-refractivity contribution in [1.82, 2.24) is 0 Å². The highest BCUT2D eigenvalue weighted by atomic mass is 19.4. The molecule has 10 heteroatoms. The number of rotatable bonds is 7. The maximum Gasteiger partial charge on any atom is 0.453 e. The molecule has 0 radical (unpaired) electrons. The Morgan fingerprint density at radius 2 is 1.65 bits per heavy atom. The second-order valence-electron chi connectivity index (χ2n) is 11.1. The van der Waals surface area contributed by atoms with Crippen molar-refractivity contribution in [2.45, 2.75) is 46.3 Å². The Balaban J connectivity index is 1.63. The van der Waals surface area contributed by atoms with Crippen molar-refractivity contribution in [1.29, 1.82) is 0 Å². The van der Waals surface area contributed by atoms with Crippen molar-refractivity contribution in [2.75, 3.05) is 20.2 Å². The number of piperidine rings is 1. The molecule has 0 unspecified atom stereocenters. The van der Waals surface area contributed by atoms with Crippen LogP contribution in [0.25, 0.3) is 11.0 Å². The molecule has 0 bridgehead atoms. The summed E-state index contributed by atoms with van der Waals surface area (Å²) in [5.41, 5.74) is 0.898. The van der Waals surface area contributed by atoms with Crippen LogP contribution in [-0.4, -0.2) is 26.2 Å². The number of hydrogen-bond acceptors (Lipinski definition) is 6. The van der Waals surface area contributed by atoms with Gasteiger partial charge < -0.3 is 23.5 Å². The lowest BCUT2D eigenvalue weighted by molar-refractivity contribution is -0.919. The molecule has 226 valence electrons. The van der Waals surface area contributed by atoms with Gasteiger partial charge in [0.15, 0.2) is 5.58 Å². The van der Waals surface area contributed by atoms with E-state index in [-0.39, 0.29) is 40.1 Å². The quantitative estimate of drug-likeness (QED) is 0.200. The largest absolute Gasteiger partial charge is 0.497 e. The maximum atomic E-state index is 14.4. The Labute approximate surface area is 246 Å². The number of ether oxygens (including phenoxy) is 3. The molecule has 1 fully saturated rings. The zero-order chi connectivity index (χ0) is 30.9. The summed E-state index contributed by atoms with van der Waals surface area (Å²) in [4.78, 5) is 27.8. The van der Waals surface area contributed by atoms with E-state index in [4.69, 9.17) is 18.6 Å². The van der Waals surface area contributed by atoms with Gasteiger partial charge in [-0.2, -0.15) is 13.2 Å². The van der Waals surface area contributed by atoms with Crippen molar-refractivity contribution in [2.24, 2.45) is 5.92 Å². The van der Waals surface area contributed by atoms with Gasteiger partial charge in [0, 0.05) is 0 Å². The average Bonchev–Trinajstić information content (AvgIpc) is 2.98. The SMILES string of the molecule is COc1ccc(C(=O)Oc2ccc3c(=O)c(Oc4ccc(C)c(C)c4)c(C(F)(F)F)oc3c2C[NH+]2CCC(C)CC2)cc1. The number of methoxy groups -OCH3 is 1. The fourth-order valence-corrected chi connectivity index (χ4v) is 5.20. The molecule has 1 aromatic heterocycles. The molecule has 5 rings (SSSR count). The Bertz CT molecular complexity index is 1700. The number of fused-ring (bicyclic) bond motifs is 1. The van der Waals surface area contributed by atoms with Gasteiger partial charge in [0.05, 0.1) is 36.7 Å². The molecule has 2 heterocycles. The first kappa shape index (κ1) is 30.2. The van der Waals surface area contributed by atoms with Gasteiger partial charge in [-0.15, -0.1) is 0 Å². The smallest absolute Gasteiger partial charge is 0.453 e. The highest BCUT2D eigenvalue weighted by molar-refractivity contribution is 5.92. The highest BCUT2D eigenvalue weighted by Crippen LogP contribution is 2.40. The minimum Gasteiger partial charge on any atom is -0.497 e. The van der Waals surface area contributed by atoms with Crippen molar-refractivity contribution >= 4 is 16.9 Å². The molecule has 0 atom stereocenters. The third-order valence-electron chi connectivity index (χ3n) is 7.97. The van der Waals surface area contributed by atoms with Crippen LogP contribution in [0, 0.1) is 19.8 Å². The first-order chi connectivity index (χ1) is 20.4. The monoisotopic (exact) mass is 596 g/mol. The second-order valence-corrected chi connectivity index (χ2v) is 11.1. The molecule has 3 aromatic carbocycles. The van der Waals surface area contributed by atoms with Crippen LogP contribution in [0.4, 0.5) is 13.2 Å². The van der Waals surface area contributed by atoms with Crippen molar-refractivity contribution < 1.29 is 41.5 Å². The summed E-state index contributed by atoms with van der Waals surface area (Å²) in [6.07, 6.45) is -3.16. The summed E-state index contributed by atoms with van der Waals surface area (Å²) >= 11 is 0. The van der Waals surface area contributed by atoms with Crippen molar-refractivity contribution in [3.63, 3.8) is 0 Å². The zero-order valence-corrected chi connectivity index (χ0v) is 24.4. The van der Waals surface area contributed by atoms with Crippen LogP contribution >= 0.6 is 0 Å². The van der Waals surface area contributed by atoms with Gasteiger partial charge in [0.2, 0.25) is 11.2 Å². The number of alkyl halides is 3. The average molecular weight is 597 g/mol. The number of carbonyl (C=O) groups is 1. The zero-order valence-electron chi connectivity index (χ0n) is 24.4.